The third-order valence-electron chi connectivity index (χ3n) is 4.70. The van der Waals surface area contributed by atoms with Crippen LogP contribution in [0.25, 0.3) is 0 Å². The zero-order chi connectivity index (χ0) is 24.0. The molecule has 0 aliphatic carbocycles. The number of hydrogen-bond acceptors (Lipinski definition) is 8. The summed E-state index contributed by atoms with van der Waals surface area (Å²) in [6.45, 7) is 1.38. The number of carbonyl (C=O) groups excluding carboxylic acids is 2. The van der Waals surface area contributed by atoms with Crippen molar-refractivity contribution in [1.29, 1.82) is 0 Å². The highest BCUT2D eigenvalue weighted by atomic mass is 32.2. The quantitative estimate of drug-likeness (QED) is 0.469. The minimum absolute atomic E-state index is 0.116. The molecule has 0 bridgehead atoms. The number of carbonyl (C=O) groups is 2. The molecule has 174 valence electrons. The highest BCUT2D eigenvalue weighted by molar-refractivity contribution is 7.90. The Bertz CT molecular complexity index is 1230. The SMILES string of the molecule is COc1ccc(OC)c(NC(=O)C(C)OC(=O)c2occc2CS(=O)(=O)c2ccccc2)c1. The number of ether oxygens (including phenoxy) is 3. The Morgan fingerprint density at radius 1 is 1.03 bits per heavy atom. The van der Waals surface area contributed by atoms with Crippen LogP contribution in [0, 0.1) is 0 Å². The Hall–Kier alpha value is -3.79. The van der Waals surface area contributed by atoms with Crippen molar-refractivity contribution in [3.8, 4) is 11.5 Å². The van der Waals surface area contributed by atoms with E-state index >= 15 is 0 Å². The molecule has 2 aromatic carbocycles. The van der Waals surface area contributed by atoms with Crippen LogP contribution >= 0.6 is 0 Å². The van der Waals surface area contributed by atoms with Gasteiger partial charge in [-0.1, -0.05) is 18.2 Å². The van der Waals surface area contributed by atoms with Crippen LogP contribution in [0.3, 0.4) is 0 Å². The summed E-state index contributed by atoms with van der Waals surface area (Å²) in [5, 5.41) is 2.61. The average Bonchev–Trinajstić information content (AvgIpc) is 3.27. The van der Waals surface area contributed by atoms with Gasteiger partial charge in [-0.3, -0.25) is 4.79 Å². The molecule has 33 heavy (non-hydrogen) atoms. The first-order chi connectivity index (χ1) is 15.7. The lowest BCUT2D eigenvalue weighted by Gasteiger charge is -2.15. The molecule has 1 amide bonds. The van der Waals surface area contributed by atoms with Crippen molar-refractivity contribution < 1.29 is 36.6 Å². The summed E-state index contributed by atoms with van der Waals surface area (Å²) in [5.41, 5.74) is 0.461. The largest absolute Gasteiger partial charge is 0.497 e. The standard InChI is InChI=1S/C23H23NO8S/c1-15(22(25)24-19-13-17(29-2)9-10-20(19)30-3)32-23(26)21-16(11-12-31-21)14-33(27,28)18-7-5-4-6-8-18/h4-13,15H,14H2,1-3H3,(H,24,25). The van der Waals surface area contributed by atoms with Crippen LogP contribution in [0.5, 0.6) is 11.5 Å². The van der Waals surface area contributed by atoms with E-state index in [0.717, 1.165) is 0 Å². The second-order valence-corrected chi connectivity index (χ2v) is 8.94. The fourth-order valence-electron chi connectivity index (χ4n) is 2.96. The van der Waals surface area contributed by atoms with Gasteiger partial charge in [-0.15, -0.1) is 0 Å². The summed E-state index contributed by atoms with van der Waals surface area (Å²) in [7, 11) is -0.782. The van der Waals surface area contributed by atoms with E-state index in [4.69, 9.17) is 18.6 Å². The first-order valence-electron chi connectivity index (χ1n) is 9.83. The highest BCUT2D eigenvalue weighted by Crippen LogP contribution is 2.29. The van der Waals surface area contributed by atoms with E-state index in [1.54, 1.807) is 36.4 Å². The van der Waals surface area contributed by atoms with Crippen LogP contribution in [0.2, 0.25) is 0 Å². The maximum absolute atomic E-state index is 12.6. The smallest absolute Gasteiger partial charge is 0.375 e. The number of methoxy groups -OCH3 is 2. The van der Waals surface area contributed by atoms with Gasteiger partial charge in [-0.2, -0.15) is 0 Å². The molecule has 10 heteroatoms. The van der Waals surface area contributed by atoms with Crippen molar-refractivity contribution in [2.24, 2.45) is 0 Å². The zero-order valence-corrected chi connectivity index (χ0v) is 19.0. The van der Waals surface area contributed by atoms with Crippen molar-refractivity contribution in [3.63, 3.8) is 0 Å². The van der Waals surface area contributed by atoms with E-state index in [2.05, 4.69) is 5.32 Å². The molecule has 3 rings (SSSR count). The monoisotopic (exact) mass is 473 g/mol. The van der Waals surface area contributed by atoms with Gasteiger partial charge in [-0.25, -0.2) is 13.2 Å². The first kappa shape index (κ1) is 23.9. The molecule has 0 saturated carbocycles. The number of hydrogen-bond donors (Lipinski definition) is 1. The predicted octanol–water partition coefficient (Wildman–Crippen LogP) is 3.45. The minimum atomic E-state index is -3.71. The summed E-state index contributed by atoms with van der Waals surface area (Å²) >= 11 is 0. The highest BCUT2D eigenvalue weighted by Gasteiger charge is 2.27. The number of sulfone groups is 1. The minimum Gasteiger partial charge on any atom is -0.497 e. The average molecular weight is 474 g/mol. The lowest BCUT2D eigenvalue weighted by Crippen LogP contribution is -2.30. The Balaban J connectivity index is 1.70. The van der Waals surface area contributed by atoms with E-state index in [1.807, 2.05) is 0 Å². The molecular weight excluding hydrogens is 450 g/mol. The van der Waals surface area contributed by atoms with Gasteiger partial charge >= 0.3 is 5.97 Å². The van der Waals surface area contributed by atoms with E-state index in [0.29, 0.717) is 17.2 Å². The maximum atomic E-state index is 12.6. The number of nitrogens with one attached hydrogen (secondary N) is 1. The van der Waals surface area contributed by atoms with Gasteiger partial charge in [0.1, 0.15) is 11.5 Å². The molecule has 1 aromatic heterocycles. The maximum Gasteiger partial charge on any atom is 0.375 e. The van der Waals surface area contributed by atoms with Crippen LogP contribution in [0.15, 0.2) is 70.2 Å². The van der Waals surface area contributed by atoms with Gasteiger partial charge in [0.05, 0.1) is 36.8 Å². The number of amides is 1. The van der Waals surface area contributed by atoms with Gasteiger partial charge in [0.15, 0.2) is 15.9 Å². The third kappa shape index (κ3) is 5.72. The third-order valence-corrected chi connectivity index (χ3v) is 6.38. The van der Waals surface area contributed by atoms with E-state index in [9.17, 15) is 18.0 Å². The van der Waals surface area contributed by atoms with E-state index < -0.39 is 33.6 Å². The number of esters is 1. The molecule has 1 heterocycles. The van der Waals surface area contributed by atoms with Crippen molar-refractivity contribution in [3.05, 3.63) is 72.2 Å². The fourth-order valence-corrected chi connectivity index (χ4v) is 4.33. The fraction of sp³-hybridized carbons (Fsp3) is 0.217. The molecule has 9 nitrogen and oxygen atoms in total. The van der Waals surface area contributed by atoms with Crippen LogP contribution in [0.4, 0.5) is 5.69 Å². The molecule has 1 atom stereocenters. The molecule has 1 N–H and O–H groups in total. The number of furan rings is 1. The lowest BCUT2D eigenvalue weighted by molar-refractivity contribution is -0.123. The predicted molar refractivity (Wildman–Crippen MR) is 119 cm³/mol. The summed E-state index contributed by atoms with van der Waals surface area (Å²) in [4.78, 5) is 25.3. The van der Waals surface area contributed by atoms with Gasteiger partial charge in [0.25, 0.3) is 5.91 Å². The molecule has 0 saturated heterocycles. The van der Waals surface area contributed by atoms with Crippen LogP contribution in [-0.2, 0) is 25.1 Å². The van der Waals surface area contributed by atoms with Gasteiger partial charge in [-0.05, 0) is 37.3 Å². The molecule has 0 spiro atoms. The van der Waals surface area contributed by atoms with Crippen LogP contribution < -0.4 is 14.8 Å². The summed E-state index contributed by atoms with van der Waals surface area (Å²) in [5.74, 6) is -1.44. The van der Waals surface area contributed by atoms with Crippen molar-refractivity contribution in [2.75, 3.05) is 19.5 Å². The second-order valence-electron chi connectivity index (χ2n) is 6.95. The Kier molecular flexibility index (Phi) is 7.39. The molecule has 0 radical (unpaired) electrons. The van der Waals surface area contributed by atoms with Gasteiger partial charge in [0.2, 0.25) is 5.76 Å². The van der Waals surface area contributed by atoms with Gasteiger partial charge < -0.3 is 23.9 Å². The summed E-state index contributed by atoms with van der Waals surface area (Å²) in [6.07, 6.45) is -0.0183. The normalized spacial score (nSPS) is 12.0. The Labute approximate surface area is 191 Å². The topological polar surface area (TPSA) is 121 Å². The van der Waals surface area contributed by atoms with Crippen molar-refractivity contribution in [2.45, 2.75) is 23.7 Å². The molecule has 0 fully saturated rings. The Morgan fingerprint density at radius 2 is 1.76 bits per heavy atom. The number of anilines is 1. The molecule has 0 aliphatic heterocycles. The second kappa shape index (κ2) is 10.2. The molecule has 3 aromatic rings. The number of rotatable bonds is 9. The molecular formula is C23H23NO8S. The van der Waals surface area contributed by atoms with Crippen LogP contribution in [-0.4, -0.2) is 40.6 Å². The zero-order valence-electron chi connectivity index (χ0n) is 18.2. The van der Waals surface area contributed by atoms with Crippen LogP contribution in [0.1, 0.15) is 23.0 Å². The van der Waals surface area contributed by atoms with Crippen molar-refractivity contribution >= 4 is 27.4 Å². The number of benzene rings is 2. The first-order valence-corrected chi connectivity index (χ1v) is 11.5. The molecule has 1 unspecified atom stereocenters. The van der Waals surface area contributed by atoms with Gasteiger partial charge in [0, 0.05) is 11.6 Å². The molecule has 0 aliphatic rings. The Morgan fingerprint density at radius 3 is 2.42 bits per heavy atom. The summed E-state index contributed by atoms with van der Waals surface area (Å²) in [6, 6.07) is 14.1. The van der Waals surface area contributed by atoms with E-state index in [-0.39, 0.29) is 16.2 Å². The summed E-state index contributed by atoms with van der Waals surface area (Å²) < 4.78 is 46.0. The lowest BCUT2D eigenvalue weighted by atomic mass is 10.2. The van der Waals surface area contributed by atoms with E-state index in [1.165, 1.54) is 45.6 Å². The van der Waals surface area contributed by atoms with Crippen molar-refractivity contribution in [1.82, 2.24) is 0 Å².